The van der Waals surface area contributed by atoms with Gasteiger partial charge < -0.3 is 15.2 Å². The van der Waals surface area contributed by atoms with E-state index in [1.165, 1.54) is 0 Å². The molecule has 2 N–H and O–H groups in total. The lowest BCUT2D eigenvalue weighted by molar-refractivity contribution is -0.121. The predicted molar refractivity (Wildman–Crippen MR) is 103 cm³/mol. The van der Waals surface area contributed by atoms with Crippen LogP contribution in [0.3, 0.4) is 0 Å². The van der Waals surface area contributed by atoms with Gasteiger partial charge in [-0.05, 0) is 23.3 Å². The second kappa shape index (κ2) is 9.33. The SMILES string of the molecule is O=C(CCNC(=O)c1ccccc1)NCc1cccc(Cn2ccnc2)c1. The molecule has 138 valence electrons. The molecule has 2 aromatic carbocycles. The molecule has 0 unspecified atom stereocenters. The van der Waals surface area contributed by atoms with Crippen molar-refractivity contribution in [2.24, 2.45) is 0 Å². The summed E-state index contributed by atoms with van der Waals surface area (Å²) in [5.41, 5.74) is 2.77. The maximum atomic E-state index is 12.0. The van der Waals surface area contributed by atoms with Crippen LogP contribution >= 0.6 is 0 Å². The van der Waals surface area contributed by atoms with Gasteiger partial charge >= 0.3 is 0 Å². The van der Waals surface area contributed by atoms with Crippen LogP contribution in [-0.4, -0.2) is 27.9 Å². The molecule has 0 saturated heterocycles. The van der Waals surface area contributed by atoms with Crippen LogP contribution < -0.4 is 10.6 Å². The fourth-order valence-corrected chi connectivity index (χ4v) is 2.70. The van der Waals surface area contributed by atoms with Crippen molar-refractivity contribution in [3.63, 3.8) is 0 Å². The Bertz CT molecular complexity index is 876. The molecule has 0 fully saturated rings. The van der Waals surface area contributed by atoms with E-state index in [0.717, 1.165) is 17.7 Å². The van der Waals surface area contributed by atoms with Gasteiger partial charge in [0.25, 0.3) is 5.91 Å². The van der Waals surface area contributed by atoms with Gasteiger partial charge in [-0.1, -0.05) is 42.5 Å². The molecule has 0 aliphatic carbocycles. The maximum Gasteiger partial charge on any atom is 0.251 e. The van der Waals surface area contributed by atoms with Gasteiger partial charge in [-0.3, -0.25) is 9.59 Å². The molecular formula is C21H22N4O2. The maximum absolute atomic E-state index is 12.0. The average Bonchev–Trinajstić information content (AvgIpc) is 3.20. The van der Waals surface area contributed by atoms with E-state index in [4.69, 9.17) is 0 Å². The molecule has 0 aliphatic rings. The normalized spacial score (nSPS) is 10.4. The first-order valence-electron chi connectivity index (χ1n) is 8.84. The third-order valence-electron chi connectivity index (χ3n) is 4.08. The Morgan fingerprint density at radius 1 is 0.963 bits per heavy atom. The highest BCUT2D eigenvalue weighted by molar-refractivity contribution is 5.94. The van der Waals surface area contributed by atoms with Gasteiger partial charge in [0.05, 0.1) is 6.33 Å². The number of amides is 2. The molecular weight excluding hydrogens is 340 g/mol. The third-order valence-corrected chi connectivity index (χ3v) is 4.08. The largest absolute Gasteiger partial charge is 0.352 e. The standard InChI is InChI=1S/C21H22N4O2/c26-20(9-10-23-21(27)19-7-2-1-3-8-19)24-14-17-5-4-6-18(13-17)15-25-12-11-22-16-25/h1-8,11-13,16H,9-10,14-15H2,(H,23,27)(H,24,26). The highest BCUT2D eigenvalue weighted by Gasteiger charge is 2.06. The summed E-state index contributed by atoms with van der Waals surface area (Å²) < 4.78 is 1.99. The number of nitrogens with one attached hydrogen (secondary N) is 2. The molecule has 27 heavy (non-hydrogen) atoms. The number of aromatic nitrogens is 2. The van der Waals surface area contributed by atoms with Crippen LogP contribution in [0.1, 0.15) is 27.9 Å². The summed E-state index contributed by atoms with van der Waals surface area (Å²) in [6.45, 7) is 1.51. The van der Waals surface area contributed by atoms with Gasteiger partial charge in [0, 0.05) is 44.0 Å². The highest BCUT2D eigenvalue weighted by Crippen LogP contribution is 2.07. The van der Waals surface area contributed by atoms with Crippen LogP contribution in [0.25, 0.3) is 0 Å². The van der Waals surface area contributed by atoms with Crippen molar-refractivity contribution in [1.82, 2.24) is 20.2 Å². The Morgan fingerprint density at radius 2 is 1.78 bits per heavy atom. The van der Waals surface area contributed by atoms with Gasteiger partial charge in [-0.15, -0.1) is 0 Å². The van der Waals surface area contributed by atoms with Gasteiger partial charge in [0.2, 0.25) is 5.91 Å². The fraction of sp³-hybridized carbons (Fsp3) is 0.190. The molecule has 0 spiro atoms. The second-order valence-electron chi connectivity index (χ2n) is 6.20. The van der Waals surface area contributed by atoms with Crippen molar-refractivity contribution < 1.29 is 9.59 Å². The number of rotatable bonds is 8. The van der Waals surface area contributed by atoms with Crippen molar-refractivity contribution in [2.75, 3.05) is 6.54 Å². The monoisotopic (exact) mass is 362 g/mol. The van der Waals surface area contributed by atoms with E-state index in [1.54, 1.807) is 24.7 Å². The van der Waals surface area contributed by atoms with Crippen LogP contribution in [-0.2, 0) is 17.9 Å². The van der Waals surface area contributed by atoms with E-state index in [-0.39, 0.29) is 18.2 Å². The van der Waals surface area contributed by atoms with Gasteiger partial charge in [0.1, 0.15) is 0 Å². The molecule has 6 nitrogen and oxygen atoms in total. The van der Waals surface area contributed by atoms with E-state index in [9.17, 15) is 9.59 Å². The van der Waals surface area contributed by atoms with Crippen LogP contribution in [0.15, 0.2) is 73.3 Å². The number of imidazole rings is 1. The molecule has 2 amide bonds. The predicted octanol–water partition coefficient (Wildman–Crippen LogP) is 2.37. The van der Waals surface area contributed by atoms with Crippen molar-refractivity contribution >= 4 is 11.8 Å². The molecule has 0 radical (unpaired) electrons. The molecule has 0 aliphatic heterocycles. The second-order valence-corrected chi connectivity index (χ2v) is 6.20. The van der Waals surface area contributed by atoms with E-state index in [2.05, 4.69) is 21.7 Å². The summed E-state index contributed by atoms with van der Waals surface area (Å²) in [4.78, 5) is 28.0. The zero-order valence-corrected chi connectivity index (χ0v) is 15.0. The fourth-order valence-electron chi connectivity index (χ4n) is 2.70. The number of carbonyl (C=O) groups is 2. The summed E-state index contributed by atoms with van der Waals surface area (Å²) in [5.74, 6) is -0.265. The van der Waals surface area contributed by atoms with Crippen LogP contribution in [0, 0.1) is 0 Å². The first kappa shape index (κ1) is 18.4. The topological polar surface area (TPSA) is 76.0 Å². The zero-order chi connectivity index (χ0) is 18.9. The number of carbonyl (C=O) groups excluding carboxylic acids is 2. The molecule has 1 heterocycles. The van der Waals surface area contributed by atoms with Crippen LogP contribution in [0.4, 0.5) is 0 Å². The third kappa shape index (κ3) is 5.81. The first-order valence-corrected chi connectivity index (χ1v) is 8.84. The average molecular weight is 362 g/mol. The minimum atomic E-state index is -0.171. The van der Waals surface area contributed by atoms with Crippen molar-refractivity contribution in [3.05, 3.63) is 90.0 Å². The number of nitrogens with zero attached hydrogens (tertiary/aromatic N) is 2. The Labute approximate surface area is 158 Å². The van der Waals surface area contributed by atoms with E-state index in [1.807, 2.05) is 47.2 Å². The molecule has 1 aromatic heterocycles. The molecule has 3 rings (SSSR count). The minimum Gasteiger partial charge on any atom is -0.352 e. The zero-order valence-electron chi connectivity index (χ0n) is 15.0. The van der Waals surface area contributed by atoms with Gasteiger partial charge in [0.15, 0.2) is 0 Å². The Morgan fingerprint density at radius 3 is 2.56 bits per heavy atom. The first-order chi connectivity index (χ1) is 13.2. The molecule has 0 saturated carbocycles. The molecule has 3 aromatic rings. The van der Waals surface area contributed by atoms with Crippen molar-refractivity contribution in [1.29, 1.82) is 0 Å². The molecule has 6 heteroatoms. The lowest BCUT2D eigenvalue weighted by Gasteiger charge is -2.09. The van der Waals surface area contributed by atoms with E-state index >= 15 is 0 Å². The Hall–Kier alpha value is -3.41. The summed E-state index contributed by atoms with van der Waals surface area (Å²) in [7, 11) is 0. The van der Waals surface area contributed by atoms with Crippen molar-refractivity contribution in [3.8, 4) is 0 Å². The lowest BCUT2D eigenvalue weighted by atomic mass is 10.1. The Kier molecular flexibility index (Phi) is 6.35. The van der Waals surface area contributed by atoms with Gasteiger partial charge in [-0.2, -0.15) is 0 Å². The quantitative estimate of drug-likeness (QED) is 0.646. The smallest absolute Gasteiger partial charge is 0.251 e. The van der Waals surface area contributed by atoms with Crippen LogP contribution in [0.2, 0.25) is 0 Å². The summed E-state index contributed by atoms with van der Waals surface area (Å²) in [5, 5.41) is 5.64. The summed E-state index contributed by atoms with van der Waals surface area (Å²) >= 11 is 0. The highest BCUT2D eigenvalue weighted by atomic mass is 16.2. The Balaban J connectivity index is 1.40. The van der Waals surface area contributed by atoms with Gasteiger partial charge in [-0.25, -0.2) is 4.98 Å². The number of benzene rings is 2. The molecule has 0 atom stereocenters. The number of hydrogen-bond acceptors (Lipinski definition) is 3. The minimum absolute atomic E-state index is 0.0941. The van der Waals surface area contributed by atoms with E-state index in [0.29, 0.717) is 18.7 Å². The van der Waals surface area contributed by atoms with Crippen LogP contribution in [0.5, 0.6) is 0 Å². The van der Waals surface area contributed by atoms with E-state index < -0.39 is 0 Å². The number of hydrogen-bond donors (Lipinski definition) is 2. The van der Waals surface area contributed by atoms with Crippen molar-refractivity contribution in [2.45, 2.75) is 19.5 Å². The summed E-state index contributed by atoms with van der Waals surface area (Å²) in [6, 6.07) is 17.0. The summed E-state index contributed by atoms with van der Waals surface area (Å²) in [6.07, 6.45) is 5.68. The lowest BCUT2D eigenvalue weighted by Crippen LogP contribution is -2.30. The molecule has 0 bridgehead atoms.